The van der Waals surface area contributed by atoms with E-state index in [2.05, 4.69) is 10.6 Å². The number of halogens is 2. The van der Waals surface area contributed by atoms with Crippen molar-refractivity contribution in [1.82, 2.24) is 10.0 Å². The Morgan fingerprint density at radius 2 is 1.84 bits per heavy atom. The average Bonchev–Trinajstić information content (AvgIpc) is 3.12. The number of benzene rings is 2. The van der Waals surface area contributed by atoms with E-state index in [0.717, 1.165) is 23.9 Å². The van der Waals surface area contributed by atoms with Crippen LogP contribution in [0, 0.1) is 11.6 Å². The van der Waals surface area contributed by atoms with Crippen LogP contribution in [0.3, 0.4) is 0 Å². The molecule has 2 atom stereocenters. The van der Waals surface area contributed by atoms with Crippen LogP contribution in [0.15, 0.2) is 47.4 Å². The molecule has 1 fully saturated rings. The highest BCUT2D eigenvalue weighted by Crippen LogP contribution is 2.36. The first-order valence-corrected chi connectivity index (χ1v) is 11.1. The Hall–Kier alpha value is -3.05. The molecule has 2 amide bonds. The van der Waals surface area contributed by atoms with Crippen LogP contribution in [-0.2, 0) is 19.6 Å². The third kappa shape index (κ3) is 4.23. The zero-order valence-electron chi connectivity index (χ0n) is 16.3. The van der Waals surface area contributed by atoms with Crippen LogP contribution in [0.4, 0.5) is 20.2 Å². The van der Waals surface area contributed by atoms with Crippen molar-refractivity contribution in [3.05, 3.63) is 54.1 Å². The molecule has 1 saturated heterocycles. The maximum atomic E-state index is 13.7. The summed E-state index contributed by atoms with van der Waals surface area (Å²) in [6.07, 6.45) is 0.192. The minimum absolute atomic E-state index is 0.143. The second-order valence-electron chi connectivity index (χ2n) is 7.37. The molecule has 2 aliphatic heterocycles. The number of fused-ring (bicyclic) bond motifs is 3. The van der Waals surface area contributed by atoms with Crippen molar-refractivity contribution in [2.24, 2.45) is 0 Å². The predicted molar refractivity (Wildman–Crippen MR) is 109 cm³/mol. The molecule has 0 aliphatic carbocycles. The number of anilines is 2. The monoisotopic (exact) mass is 450 g/mol. The highest BCUT2D eigenvalue weighted by Gasteiger charge is 2.41. The van der Waals surface area contributed by atoms with Gasteiger partial charge >= 0.3 is 0 Å². The first-order chi connectivity index (χ1) is 14.8. The summed E-state index contributed by atoms with van der Waals surface area (Å²) in [5, 5.41) is 5.64. The number of hydrogen-bond acceptors (Lipinski definition) is 5. The minimum Gasteiger partial charge on any atom is -0.356 e. The number of nitrogens with one attached hydrogen (secondary N) is 3. The Bertz CT molecular complexity index is 1120. The van der Waals surface area contributed by atoms with Gasteiger partial charge in [0.05, 0.1) is 11.4 Å². The zero-order valence-corrected chi connectivity index (χ0v) is 17.1. The van der Waals surface area contributed by atoms with Crippen molar-refractivity contribution < 1.29 is 26.8 Å². The summed E-state index contributed by atoms with van der Waals surface area (Å²) >= 11 is 0. The molecule has 8 nitrogen and oxygen atoms in total. The second kappa shape index (κ2) is 8.23. The summed E-state index contributed by atoms with van der Waals surface area (Å²) in [5.41, 5.74) is 1.59. The van der Waals surface area contributed by atoms with Crippen LogP contribution in [0.2, 0.25) is 0 Å². The van der Waals surface area contributed by atoms with E-state index in [1.807, 2.05) is 27.8 Å². The van der Waals surface area contributed by atoms with E-state index in [0.29, 0.717) is 18.7 Å². The third-order valence-corrected chi connectivity index (χ3v) is 6.78. The number of carbonyl (C=O) groups is 2. The molecule has 0 spiro atoms. The summed E-state index contributed by atoms with van der Waals surface area (Å²) < 4.78 is 53.8. The standard InChI is InChI=1S/C20H20F2N4O4S/c21-13-4-3-5-14(22)19(13)31(29,30)23-9-8-18(27)24-12-10-17-20(28)25-15-6-1-2-7-16(15)26(17)11-12/h1-7,12,17,23H,8-11H2,(H,24,27)(H,25,28). The van der Waals surface area contributed by atoms with Crippen molar-refractivity contribution in [2.75, 3.05) is 23.3 Å². The zero-order chi connectivity index (χ0) is 22.2. The van der Waals surface area contributed by atoms with Gasteiger partial charge in [-0.2, -0.15) is 0 Å². The van der Waals surface area contributed by atoms with Crippen molar-refractivity contribution >= 4 is 33.2 Å². The Morgan fingerprint density at radius 3 is 2.58 bits per heavy atom. The van der Waals surface area contributed by atoms with Crippen LogP contribution in [0.5, 0.6) is 0 Å². The van der Waals surface area contributed by atoms with Gasteiger partial charge in [-0.25, -0.2) is 21.9 Å². The molecule has 0 radical (unpaired) electrons. The molecule has 2 unspecified atom stereocenters. The van der Waals surface area contributed by atoms with E-state index in [-0.39, 0.29) is 24.9 Å². The quantitative estimate of drug-likeness (QED) is 0.616. The molecule has 0 saturated carbocycles. The van der Waals surface area contributed by atoms with Gasteiger partial charge in [0.15, 0.2) is 4.90 Å². The number of hydrogen-bond donors (Lipinski definition) is 3. The molecule has 0 aromatic heterocycles. The van der Waals surface area contributed by atoms with Gasteiger partial charge in [0.1, 0.15) is 17.7 Å². The normalized spacial score (nSPS) is 20.1. The van der Waals surface area contributed by atoms with Gasteiger partial charge in [-0.05, 0) is 30.7 Å². The van der Waals surface area contributed by atoms with Gasteiger partial charge in [0.25, 0.3) is 0 Å². The van der Waals surface area contributed by atoms with Crippen molar-refractivity contribution in [2.45, 2.75) is 29.8 Å². The molecule has 2 heterocycles. The summed E-state index contributed by atoms with van der Waals surface area (Å²) in [5.74, 6) is -3.00. The summed E-state index contributed by atoms with van der Waals surface area (Å²) in [6, 6.07) is 9.43. The second-order valence-corrected chi connectivity index (χ2v) is 9.08. The molecular formula is C20H20F2N4O4S. The Kier molecular flexibility index (Phi) is 5.63. The molecule has 4 rings (SSSR count). The van der Waals surface area contributed by atoms with Crippen LogP contribution >= 0.6 is 0 Å². The van der Waals surface area contributed by atoms with Crippen LogP contribution < -0.4 is 20.3 Å². The smallest absolute Gasteiger partial charge is 0.247 e. The lowest BCUT2D eigenvalue weighted by molar-refractivity contribution is -0.122. The van der Waals surface area contributed by atoms with E-state index in [9.17, 15) is 26.8 Å². The van der Waals surface area contributed by atoms with Gasteiger partial charge in [-0.15, -0.1) is 0 Å². The predicted octanol–water partition coefficient (Wildman–Crippen LogP) is 1.35. The number of amides is 2. The number of para-hydroxylation sites is 2. The molecule has 2 aromatic rings. The van der Waals surface area contributed by atoms with Crippen LogP contribution in [0.25, 0.3) is 0 Å². The van der Waals surface area contributed by atoms with E-state index < -0.39 is 38.5 Å². The Labute approximate surface area is 177 Å². The lowest BCUT2D eigenvalue weighted by atomic mass is 10.1. The van der Waals surface area contributed by atoms with Crippen molar-refractivity contribution in [3.63, 3.8) is 0 Å². The number of rotatable bonds is 6. The molecule has 2 aromatic carbocycles. The van der Waals surface area contributed by atoms with Gasteiger partial charge in [0, 0.05) is 25.6 Å². The summed E-state index contributed by atoms with van der Waals surface area (Å²) in [6.45, 7) is 0.109. The largest absolute Gasteiger partial charge is 0.356 e. The summed E-state index contributed by atoms with van der Waals surface area (Å²) in [4.78, 5) is 25.5. The van der Waals surface area contributed by atoms with Crippen molar-refractivity contribution in [1.29, 1.82) is 0 Å². The third-order valence-electron chi connectivity index (χ3n) is 5.27. The molecule has 3 N–H and O–H groups in total. The molecule has 2 aliphatic rings. The number of sulfonamides is 1. The van der Waals surface area contributed by atoms with Gasteiger partial charge in [-0.3, -0.25) is 9.59 Å². The highest BCUT2D eigenvalue weighted by molar-refractivity contribution is 7.89. The van der Waals surface area contributed by atoms with Gasteiger partial charge < -0.3 is 15.5 Å². The first kappa shape index (κ1) is 21.2. The molecule has 31 heavy (non-hydrogen) atoms. The number of nitrogens with zero attached hydrogens (tertiary/aromatic N) is 1. The minimum atomic E-state index is -4.44. The Morgan fingerprint density at radius 1 is 1.13 bits per heavy atom. The van der Waals surface area contributed by atoms with Crippen molar-refractivity contribution in [3.8, 4) is 0 Å². The summed E-state index contributed by atoms with van der Waals surface area (Å²) in [7, 11) is -4.44. The van der Waals surface area contributed by atoms with Gasteiger partial charge in [-0.1, -0.05) is 18.2 Å². The SMILES string of the molecule is O=C(CCNS(=O)(=O)c1c(F)cccc1F)NC1CC2C(=O)Nc3ccccc3N2C1. The van der Waals surface area contributed by atoms with Gasteiger partial charge in [0.2, 0.25) is 21.8 Å². The van der Waals surface area contributed by atoms with Crippen LogP contribution in [0.1, 0.15) is 12.8 Å². The van der Waals surface area contributed by atoms with E-state index >= 15 is 0 Å². The fraction of sp³-hybridized carbons (Fsp3) is 0.300. The maximum absolute atomic E-state index is 13.7. The molecule has 0 bridgehead atoms. The first-order valence-electron chi connectivity index (χ1n) is 9.66. The lowest BCUT2D eigenvalue weighted by Crippen LogP contribution is -2.44. The average molecular weight is 450 g/mol. The Balaban J connectivity index is 1.33. The fourth-order valence-corrected chi connectivity index (χ4v) is 5.08. The topological polar surface area (TPSA) is 108 Å². The molecular weight excluding hydrogens is 430 g/mol. The van der Waals surface area contributed by atoms with E-state index in [1.54, 1.807) is 6.07 Å². The van der Waals surface area contributed by atoms with E-state index in [1.165, 1.54) is 0 Å². The molecule has 164 valence electrons. The van der Waals surface area contributed by atoms with Crippen LogP contribution in [-0.4, -0.2) is 45.4 Å². The van der Waals surface area contributed by atoms with E-state index in [4.69, 9.17) is 0 Å². The number of carbonyl (C=O) groups excluding carboxylic acids is 2. The fourth-order valence-electron chi connectivity index (χ4n) is 3.91. The lowest BCUT2D eigenvalue weighted by Gasteiger charge is -2.32. The maximum Gasteiger partial charge on any atom is 0.247 e. The highest BCUT2D eigenvalue weighted by atomic mass is 32.2. The molecule has 11 heteroatoms.